The maximum atomic E-state index is 11.8. The summed E-state index contributed by atoms with van der Waals surface area (Å²) in [6.45, 7) is 2.39. The van der Waals surface area contributed by atoms with E-state index in [1.165, 1.54) is 17.0 Å². The first-order chi connectivity index (χ1) is 7.49. The van der Waals surface area contributed by atoms with Crippen molar-refractivity contribution in [1.82, 2.24) is 4.90 Å². The third-order valence-electron chi connectivity index (χ3n) is 2.23. The molecule has 6 heteroatoms. The Balaban J connectivity index is 3.20. The van der Waals surface area contributed by atoms with Crippen LogP contribution in [0.2, 0.25) is 0 Å². The Hall–Kier alpha value is -1.43. The van der Waals surface area contributed by atoms with Gasteiger partial charge in [0.05, 0.1) is 10.5 Å². The van der Waals surface area contributed by atoms with Gasteiger partial charge in [-0.2, -0.15) is 0 Å². The zero-order valence-electron chi connectivity index (χ0n) is 8.94. The second kappa shape index (κ2) is 5.07. The molecule has 5 nitrogen and oxygen atoms in total. The lowest BCUT2D eigenvalue weighted by Crippen LogP contribution is -2.26. The minimum Gasteiger partial charge on any atom is -0.342 e. The first kappa shape index (κ1) is 12.6. The molecule has 1 rings (SSSR count). The average molecular weight is 287 g/mol. The number of nitro groups is 1. The Morgan fingerprint density at radius 1 is 1.56 bits per heavy atom. The molecule has 16 heavy (non-hydrogen) atoms. The fourth-order valence-electron chi connectivity index (χ4n) is 1.18. The molecule has 0 fully saturated rings. The van der Waals surface area contributed by atoms with Gasteiger partial charge in [0, 0.05) is 19.7 Å². The largest absolute Gasteiger partial charge is 0.342 e. The fourth-order valence-corrected chi connectivity index (χ4v) is 1.75. The normalized spacial score (nSPS) is 9.94. The van der Waals surface area contributed by atoms with Crippen molar-refractivity contribution in [3.05, 3.63) is 38.3 Å². The summed E-state index contributed by atoms with van der Waals surface area (Å²) in [5.74, 6) is -0.238. The van der Waals surface area contributed by atoms with Crippen LogP contribution in [-0.4, -0.2) is 29.3 Å². The second-order valence-electron chi connectivity index (χ2n) is 3.22. The summed E-state index contributed by atoms with van der Waals surface area (Å²) in [6, 6.07) is 4.41. The number of hydrogen-bond donors (Lipinski definition) is 0. The Bertz CT molecular complexity index is 434. The van der Waals surface area contributed by atoms with E-state index < -0.39 is 4.92 Å². The SMILES string of the molecule is CCN(C)C(=O)c1cccc([N+](=O)[O-])c1Br. The number of carbonyl (C=O) groups excluding carboxylic acids is 1. The summed E-state index contributed by atoms with van der Waals surface area (Å²) in [6.07, 6.45) is 0. The van der Waals surface area contributed by atoms with Crippen LogP contribution in [-0.2, 0) is 0 Å². The third kappa shape index (κ3) is 2.38. The number of nitro benzene ring substituents is 1. The highest BCUT2D eigenvalue weighted by atomic mass is 79.9. The minimum absolute atomic E-state index is 0.102. The van der Waals surface area contributed by atoms with E-state index >= 15 is 0 Å². The van der Waals surface area contributed by atoms with Crippen molar-refractivity contribution in [1.29, 1.82) is 0 Å². The number of halogens is 1. The van der Waals surface area contributed by atoms with Crippen LogP contribution in [0.1, 0.15) is 17.3 Å². The van der Waals surface area contributed by atoms with E-state index in [1.54, 1.807) is 13.1 Å². The third-order valence-corrected chi connectivity index (χ3v) is 3.06. The summed E-state index contributed by atoms with van der Waals surface area (Å²) in [5, 5.41) is 10.7. The highest BCUT2D eigenvalue weighted by molar-refractivity contribution is 9.10. The predicted octanol–water partition coefficient (Wildman–Crippen LogP) is 2.45. The van der Waals surface area contributed by atoms with Crippen LogP contribution in [0.4, 0.5) is 5.69 Å². The fraction of sp³-hybridized carbons (Fsp3) is 0.300. The molecule has 0 saturated carbocycles. The standard InChI is InChI=1S/C10H11BrN2O3/c1-3-12(2)10(14)7-5-4-6-8(9(7)11)13(15)16/h4-6H,3H2,1-2H3. The van der Waals surface area contributed by atoms with Crippen LogP contribution in [0, 0.1) is 10.1 Å². The molecule has 86 valence electrons. The van der Waals surface area contributed by atoms with E-state index in [9.17, 15) is 14.9 Å². The Kier molecular flexibility index (Phi) is 4.00. The lowest BCUT2D eigenvalue weighted by atomic mass is 10.2. The Morgan fingerprint density at radius 3 is 2.69 bits per heavy atom. The minimum atomic E-state index is -0.521. The number of benzene rings is 1. The maximum absolute atomic E-state index is 11.8. The molecule has 0 aliphatic heterocycles. The average Bonchev–Trinajstić information content (AvgIpc) is 2.27. The molecule has 0 atom stereocenters. The summed E-state index contributed by atoms with van der Waals surface area (Å²) in [7, 11) is 1.65. The van der Waals surface area contributed by atoms with E-state index in [4.69, 9.17) is 0 Å². The van der Waals surface area contributed by atoms with Crippen LogP contribution in [0.15, 0.2) is 22.7 Å². The number of rotatable bonds is 3. The van der Waals surface area contributed by atoms with E-state index in [1.807, 2.05) is 6.92 Å². The van der Waals surface area contributed by atoms with Gasteiger partial charge in [0.2, 0.25) is 0 Å². The van der Waals surface area contributed by atoms with Crippen LogP contribution >= 0.6 is 15.9 Å². The maximum Gasteiger partial charge on any atom is 0.284 e. The van der Waals surface area contributed by atoms with Gasteiger partial charge in [0.15, 0.2) is 0 Å². The first-order valence-electron chi connectivity index (χ1n) is 4.67. The second-order valence-corrected chi connectivity index (χ2v) is 4.01. The number of hydrogen-bond acceptors (Lipinski definition) is 3. The van der Waals surface area contributed by atoms with Gasteiger partial charge in [-0.05, 0) is 28.9 Å². The zero-order valence-corrected chi connectivity index (χ0v) is 10.5. The molecular weight excluding hydrogens is 276 g/mol. The molecule has 0 spiro atoms. The van der Waals surface area contributed by atoms with Gasteiger partial charge in [-0.25, -0.2) is 0 Å². The molecule has 0 heterocycles. The zero-order chi connectivity index (χ0) is 12.3. The summed E-state index contributed by atoms with van der Waals surface area (Å²) >= 11 is 3.09. The van der Waals surface area contributed by atoms with Crippen molar-refractivity contribution < 1.29 is 9.72 Å². The van der Waals surface area contributed by atoms with Gasteiger partial charge in [0.25, 0.3) is 11.6 Å². The molecule has 0 aliphatic rings. The lowest BCUT2D eigenvalue weighted by molar-refractivity contribution is -0.385. The van der Waals surface area contributed by atoms with Crippen LogP contribution in [0.25, 0.3) is 0 Å². The van der Waals surface area contributed by atoms with Crippen molar-refractivity contribution >= 4 is 27.5 Å². The molecule has 0 bridgehead atoms. The summed E-state index contributed by atoms with van der Waals surface area (Å²) < 4.78 is 0.227. The molecule has 1 amide bonds. The Morgan fingerprint density at radius 2 is 2.19 bits per heavy atom. The van der Waals surface area contributed by atoms with Crippen LogP contribution in [0.5, 0.6) is 0 Å². The van der Waals surface area contributed by atoms with Gasteiger partial charge < -0.3 is 4.90 Å². The van der Waals surface area contributed by atoms with Crippen molar-refractivity contribution in [2.75, 3.05) is 13.6 Å². The molecule has 0 N–H and O–H groups in total. The Labute approximate surface area is 101 Å². The van der Waals surface area contributed by atoms with E-state index in [0.717, 1.165) is 0 Å². The smallest absolute Gasteiger partial charge is 0.284 e. The van der Waals surface area contributed by atoms with E-state index in [0.29, 0.717) is 12.1 Å². The number of carbonyl (C=O) groups is 1. The topological polar surface area (TPSA) is 63.5 Å². The van der Waals surface area contributed by atoms with Crippen molar-refractivity contribution in [2.45, 2.75) is 6.92 Å². The van der Waals surface area contributed by atoms with Crippen LogP contribution in [0.3, 0.4) is 0 Å². The number of nitrogens with zero attached hydrogens (tertiary/aromatic N) is 2. The number of amides is 1. The van der Waals surface area contributed by atoms with Crippen LogP contribution < -0.4 is 0 Å². The van der Waals surface area contributed by atoms with Gasteiger partial charge in [0.1, 0.15) is 4.47 Å². The highest BCUT2D eigenvalue weighted by Crippen LogP contribution is 2.28. The van der Waals surface area contributed by atoms with E-state index in [2.05, 4.69) is 15.9 Å². The van der Waals surface area contributed by atoms with Gasteiger partial charge in [-0.15, -0.1) is 0 Å². The first-order valence-corrected chi connectivity index (χ1v) is 5.46. The molecule has 0 saturated heterocycles. The summed E-state index contributed by atoms with van der Waals surface area (Å²) in [4.78, 5) is 23.5. The molecule has 1 aromatic carbocycles. The van der Waals surface area contributed by atoms with Crippen molar-refractivity contribution in [2.24, 2.45) is 0 Å². The molecule has 0 aromatic heterocycles. The van der Waals surface area contributed by atoms with Crippen molar-refractivity contribution in [3.63, 3.8) is 0 Å². The predicted molar refractivity (Wildman–Crippen MR) is 63.4 cm³/mol. The van der Waals surface area contributed by atoms with Crippen molar-refractivity contribution in [3.8, 4) is 0 Å². The molecule has 0 unspecified atom stereocenters. The highest BCUT2D eigenvalue weighted by Gasteiger charge is 2.20. The monoisotopic (exact) mass is 286 g/mol. The van der Waals surface area contributed by atoms with Gasteiger partial charge >= 0.3 is 0 Å². The lowest BCUT2D eigenvalue weighted by Gasteiger charge is -2.15. The quantitative estimate of drug-likeness (QED) is 0.633. The molecule has 0 radical (unpaired) electrons. The molecule has 1 aromatic rings. The van der Waals surface area contributed by atoms with Gasteiger partial charge in [-0.1, -0.05) is 6.07 Å². The molecular formula is C10H11BrN2O3. The molecule has 0 aliphatic carbocycles. The van der Waals surface area contributed by atoms with Gasteiger partial charge in [-0.3, -0.25) is 14.9 Å². The van der Waals surface area contributed by atoms with E-state index in [-0.39, 0.29) is 16.1 Å². The summed E-state index contributed by atoms with van der Waals surface area (Å²) in [5.41, 5.74) is 0.203.